The second-order valence-corrected chi connectivity index (χ2v) is 8.23. The van der Waals surface area contributed by atoms with E-state index in [0.717, 1.165) is 44.6 Å². The fourth-order valence-corrected chi connectivity index (χ4v) is 3.87. The lowest BCUT2D eigenvalue weighted by atomic mass is 10.1. The van der Waals surface area contributed by atoms with Crippen molar-refractivity contribution in [3.05, 3.63) is 70.4 Å². The number of carbonyl (C=O) groups excluding carboxylic acids is 1. The molecule has 2 heterocycles. The molecule has 0 saturated carbocycles. The van der Waals surface area contributed by atoms with E-state index in [1.807, 2.05) is 77.1 Å². The number of hydrogen-bond donors (Lipinski definition) is 1. The molecule has 0 aliphatic rings. The zero-order valence-corrected chi connectivity index (χ0v) is 19.8. The number of anilines is 1. The summed E-state index contributed by atoms with van der Waals surface area (Å²) in [7, 11) is 1.62. The van der Waals surface area contributed by atoms with E-state index in [-0.39, 0.29) is 12.5 Å². The number of aryl methyl sites for hydroxylation is 4. The van der Waals surface area contributed by atoms with Crippen molar-refractivity contribution >= 4 is 22.6 Å². The lowest BCUT2D eigenvalue weighted by Gasteiger charge is -2.14. The number of methoxy groups -OCH3 is 1. The number of ether oxygens (including phenoxy) is 2. The molecule has 1 N–H and O–H groups in total. The Hall–Kier alpha value is -3.87. The van der Waals surface area contributed by atoms with Gasteiger partial charge in [0.1, 0.15) is 22.8 Å². The number of rotatable bonds is 6. The number of benzene rings is 2. The quantitative estimate of drug-likeness (QED) is 0.453. The molecular formula is C26H28N4O3. The van der Waals surface area contributed by atoms with Gasteiger partial charge in [0.05, 0.1) is 12.8 Å². The summed E-state index contributed by atoms with van der Waals surface area (Å²) in [5.41, 5.74) is 5.70. The molecule has 0 unspecified atom stereocenters. The summed E-state index contributed by atoms with van der Waals surface area (Å²) in [5, 5.41) is 8.47. The van der Waals surface area contributed by atoms with Gasteiger partial charge in [0, 0.05) is 11.5 Å². The molecule has 0 saturated heterocycles. The van der Waals surface area contributed by atoms with Gasteiger partial charge in [0.2, 0.25) is 0 Å². The lowest BCUT2D eigenvalue weighted by Crippen LogP contribution is -2.22. The average molecular weight is 445 g/mol. The number of nitrogens with zero attached hydrogens (tertiary/aromatic N) is 3. The van der Waals surface area contributed by atoms with Crippen LogP contribution in [0.5, 0.6) is 11.5 Å². The van der Waals surface area contributed by atoms with E-state index < -0.39 is 0 Å². The first kappa shape index (κ1) is 22.3. The van der Waals surface area contributed by atoms with Crippen molar-refractivity contribution in [3.8, 4) is 17.3 Å². The Morgan fingerprint density at radius 1 is 1.00 bits per heavy atom. The Kier molecular flexibility index (Phi) is 6.05. The number of nitrogens with one attached hydrogen (secondary N) is 1. The van der Waals surface area contributed by atoms with Crippen LogP contribution in [0.25, 0.3) is 16.7 Å². The number of aromatic nitrogens is 3. The molecule has 4 aromatic rings. The van der Waals surface area contributed by atoms with Crippen LogP contribution in [0.4, 0.5) is 5.82 Å². The topological polar surface area (TPSA) is 78.3 Å². The Labute approximate surface area is 193 Å². The third-order valence-corrected chi connectivity index (χ3v) is 5.75. The summed E-state index contributed by atoms with van der Waals surface area (Å²) >= 11 is 0. The van der Waals surface area contributed by atoms with E-state index in [4.69, 9.17) is 14.5 Å². The molecule has 0 fully saturated rings. The van der Waals surface area contributed by atoms with E-state index in [9.17, 15) is 4.79 Å². The first-order chi connectivity index (χ1) is 15.8. The summed E-state index contributed by atoms with van der Waals surface area (Å²) in [4.78, 5) is 17.5. The van der Waals surface area contributed by atoms with Crippen LogP contribution in [0.2, 0.25) is 0 Å². The largest absolute Gasteiger partial charge is 0.494 e. The SMILES string of the molecule is COc1cccc2c(C)cc(-n3nc(C)cc3NC(=O)COc3c(C)ccc(C)c3C)nc12. The Bertz CT molecular complexity index is 1360. The Morgan fingerprint density at radius 3 is 2.52 bits per heavy atom. The van der Waals surface area contributed by atoms with Crippen molar-refractivity contribution < 1.29 is 14.3 Å². The summed E-state index contributed by atoms with van der Waals surface area (Å²) in [6.45, 7) is 9.78. The van der Waals surface area contributed by atoms with Crippen LogP contribution in [0.3, 0.4) is 0 Å². The van der Waals surface area contributed by atoms with Gasteiger partial charge in [0.25, 0.3) is 5.91 Å². The third-order valence-electron chi connectivity index (χ3n) is 5.75. The molecular weight excluding hydrogens is 416 g/mol. The van der Waals surface area contributed by atoms with Crippen molar-refractivity contribution in [3.63, 3.8) is 0 Å². The minimum absolute atomic E-state index is 0.104. The molecule has 0 radical (unpaired) electrons. The third kappa shape index (κ3) is 4.39. The van der Waals surface area contributed by atoms with E-state index in [1.165, 1.54) is 0 Å². The van der Waals surface area contributed by atoms with Gasteiger partial charge >= 0.3 is 0 Å². The predicted molar refractivity (Wildman–Crippen MR) is 130 cm³/mol. The molecule has 0 spiro atoms. The van der Waals surface area contributed by atoms with Gasteiger partial charge in [-0.25, -0.2) is 4.98 Å². The highest BCUT2D eigenvalue weighted by Gasteiger charge is 2.16. The molecule has 0 bridgehead atoms. The highest BCUT2D eigenvalue weighted by molar-refractivity contribution is 5.92. The fraction of sp³-hybridized carbons (Fsp3) is 0.269. The maximum Gasteiger partial charge on any atom is 0.263 e. The first-order valence-electron chi connectivity index (χ1n) is 10.8. The van der Waals surface area contributed by atoms with Crippen LogP contribution >= 0.6 is 0 Å². The smallest absolute Gasteiger partial charge is 0.263 e. The van der Waals surface area contributed by atoms with Gasteiger partial charge in [-0.15, -0.1) is 0 Å². The van der Waals surface area contributed by atoms with Crippen LogP contribution in [-0.2, 0) is 4.79 Å². The minimum atomic E-state index is -0.272. The van der Waals surface area contributed by atoms with E-state index >= 15 is 0 Å². The molecule has 7 heteroatoms. The average Bonchev–Trinajstić information content (AvgIpc) is 3.15. The minimum Gasteiger partial charge on any atom is -0.494 e. The van der Waals surface area contributed by atoms with Crippen molar-refractivity contribution in [2.24, 2.45) is 0 Å². The van der Waals surface area contributed by atoms with Gasteiger partial charge in [-0.1, -0.05) is 24.3 Å². The standard InChI is InChI=1S/C26H28N4O3/c1-15-10-11-16(2)26(19(15)5)33-14-24(31)27-23-13-18(4)29-30(23)22-12-17(3)20-8-7-9-21(32-6)25(20)28-22/h7-13H,14H2,1-6H3,(H,27,31). The van der Waals surface area contributed by atoms with Crippen LogP contribution in [0.15, 0.2) is 42.5 Å². The lowest BCUT2D eigenvalue weighted by molar-refractivity contribution is -0.118. The number of hydrogen-bond acceptors (Lipinski definition) is 5. The van der Waals surface area contributed by atoms with E-state index in [2.05, 4.69) is 10.4 Å². The number of amides is 1. The second kappa shape index (κ2) is 8.94. The fourth-order valence-electron chi connectivity index (χ4n) is 3.87. The molecule has 2 aromatic heterocycles. The number of para-hydroxylation sites is 1. The van der Waals surface area contributed by atoms with Crippen LogP contribution < -0.4 is 14.8 Å². The summed E-state index contributed by atoms with van der Waals surface area (Å²) in [5.74, 6) is 2.28. The molecule has 1 amide bonds. The molecule has 2 aromatic carbocycles. The van der Waals surface area contributed by atoms with Crippen molar-refractivity contribution in [1.29, 1.82) is 0 Å². The van der Waals surface area contributed by atoms with Crippen molar-refractivity contribution in [1.82, 2.24) is 14.8 Å². The maximum atomic E-state index is 12.7. The maximum absolute atomic E-state index is 12.7. The molecule has 0 aliphatic heterocycles. The highest BCUT2D eigenvalue weighted by Crippen LogP contribution is 2.29. The van der Waals surface area contributed by atoms with Gasteiger partial charge in [-0.2, -0.15) is 9.78 Å². The zero-order chi connectivity index (χ0) is 23.7. The Morgan fingerprint density at radius 2 is 1.76 bits per heavy atom. The normalized spacial score (nSPS) is 11.0. The number of pyridine rings is 1. The number of fused-ring (bicyclic) bond motifs is 1. The van der Waals surface area contributed by atoms with Crippen LogP contribution in [0, 0.1) is 34.6 Å². The molecule has 33 heavy (non-hydrogen) atoms. The van der Waals surface area contributed by atoms with E-state index in [0.29, 0.717) is 17.4 Å². The van der Waals surface area contributed by atoms with Crippen LogP contribution in [0.1, 0.15) is 27.9 Å². The monoisotopic (exact) mass is 444 g/mol. The molecule has 0 aliphatic carbocycles. The Balaban J connectivity index is 1.61. The predicted octanol–water partition coefficient (Wildman–Crippen LogP) is 4.99. The number of carbonyl (C=O) groups is 1. The van der Waals surface area contributed by atoms with Crippen molar-refractivity contribution in [2.75, 3.05) is 19.0 Å². The molecule has 4 rings (SSSR count). The van der Waals surface area contributed by atoms with Crippen molar-refractivity contribution in [2.45, 2.75) is 34.6 Å². The molecule has 0 atom stereocenters. The van der Waals surface area contributed by atoms with Gasteiger partial charge < -0.3 is 14.8 Å². The molecule has 170 valence electrons. The zero-order valence-electron chi connectivity index (χ0n) is 19.8. The van der Waals surface area contributed by atoms with Gasteiger partial charge in [-0.3, -0.25) is 4.79 Å². The highest BCUT2D eigenvalue weighted by atomic mass is 16.5. The second-order valence-electron chi connectivity index (χ2n) is 8.23. The van der Waals surface area contributed by atoms with E-state index in [1.54, 1.807) is 11.8 Å². The van der Waals surface area contributed by atoms with Gasteiger partial charge in [-0.05, 0) is 69.0 Å². The van der Waals surface area contributed by atoms with Gasteiger partial charge in [0.15, 0.2) is 12.4 Å². The molecule has 7 nitrogen and oxygen atoms in total. The first-order valence-corrected chi connectivity index (χ1v) is 10.8. The summed E-state index contributed by atoms with van der Waals surface area (Å²) in [6, 6.07) is 13.6. The van der Waals surface area contributed by atoms with Crippen LogP contribution in [-0.4, -0.2) is 34.4 Å². The summed E-state index contributed by atoms with van der Waals surface area (Å²) in [6.07, 6.45) is 0. The summed E-state index contributed by atoms with van der Waals surface area (Å²) < 4.78 is 13.0.